The van der Waals surface area contributed by atoms with Crippen molar-refractivity contribution in [2.75, 3.05) is 24.6 Å². The fourth-order valence-electron chi connectivity index (χ4n) is 4.07. The number of piperidine rings is 1. The minimum Gasteiger partial charge on any atom is -0.396 e. The van der Waals surface area contributed by atoms with Crippen LogP contribution in [0.25, 0.3) is 5.57 Å². The zero-order valence-corrected chi connectivity index (χ0v) is 18.1. The molecule has 2 aliphatic rings. The summed E-state index contributed by atoms with van der Waals surface area (Å²) in [6.45, 7) is 3.23. The van der Waals surface area contributed by atoms with Crippen LogP contribution in [0.5, 0.6) is 0 Å². The Morgan fingerprint density at radius 2 is 1.77 bits per heavy atom. The van der Waals surface area contributed by atoms with E-state index in [0.29, 0.717) is 40.6 Å². The summed E-state index contributed by atoms with van der Waals surface area (Å²) in [5.41, 5.74) is 2.91. The molecule has 1 fully saturated rings. The number of likely N-dealkylation sites (tertiary alicyclic amines) is 1. The molecule has 30 heavy (non-hydrogen) atoms. The van der Waals surface area contributed by atoms with Crippen LogP contribution in [0.2, 0.25) is 10.0 Å². The first kappa shape index (κ1) is 20.9. The molecule has 1 N–H and O–H groups in total. The topological polar surface area (TPSA) is 60.9 Å². The first-order chi connectivity index (χ1) is 14.4. The summed E-state index contributed by atoms with van der Waals surface area (Å²) in [6.07, 6.45) is 1.75. The number of benzene rings is 2. The van der Waals surface area contributed by atoms with E-state index in [9.17, 15) is 14.7 Å². The van der Waals surface area contributed by atoms with Gasteiger partial charge < -0.3 is 10.0 Å². The lowest BCUT2D eigenvalue weighted by molar-refractivity contribution is -0.120. The second-order valence-electron chi connectivity index (χ2n) is 7.77. The molecule has 0 aromatic heterocycles. The van der Waals surface area contributed by atoms with Gasteiger partial charge in [0.2, 0.25) is 0 Å². The van der Waals surface area contributed by atoms with Gasteiger partial charge in [-0.1, -0.05) is 53.0 Å². The third-order valence-electron chi connectivity index (χ3n) is 5.65. The summed E-state index contributed by atoms with van der Waals surface area (Å²) in [6, 6.07) is 12.3. The van der Waals surface area contributed by atoms with Crippen molar-refractivity contribution >= 4 is 46.3 Å². The maximum absolute atomic E-state index is 13.5. The number of halogens is 2. The van der Waals surface area contributed by atoms with Crippen LogP contribution in [0.15, 0.2) is 48.2 Å². The Balaban J connectivity index is 1.81. The first-order valence-electron chi connectivity index (χ1n) is 9.91. The average Bonchev–Trinajstić information content (AvgIpc) is 3.01. The number of anilines is 1. The van der Waals surface area contributed by atoms with Gasteiger partial charge in [-0.25, -0.2) is 4.90 Å². The summed E-state index contributed by atoms with van der Waals surface area (Å²) < 4.78 is 0. The van der Waals surface area contributed by atoms with Crippen molar-refractivity contribution in [2.45, 2.75) is 19.8 Å². The first-order valence-corrected chi connectivity index (χ1v) is 10.7. The van der Waals surface area contributed by atoms with Gasteiger partial charge in [-0.2, -0.15) is 0 Å². The smallest absolute Gasteiger partial charge is 0.282 e. The van der Waals surface area contributed by atoms with Gasteiger partial charge in [0.15, 0.2) is 0 Å². The van der Waals surface area contributed by atoms with Gasteiger partial charge in [0.05, 0.1) is 21.3 Å². The molecule has 1 saturated heterocycles. The molecule has 2 aliphatic heterocycles. The quantitative estimate of drug-likeness (QED) is 0.714. The van der Waals surface area contributed by atoms with E-state index >= 15 is 0 Å². The Kier molecular flexibility index (Phi) is 5.87. The second-order valence-corrected chi connectivity index (χ2v) is 8.59. The number of rotatable bonds is 4. The molecule has 156 valence electrons. The van der Waals surface area contributed by atoms with Crippen molar-refractivity contribution in [2.24, 2.45) is 5.92 Å². The maximum atomic E-state index is 13.5. The molecule has 1 unspecified atom stereocenters. The number of nitrogens with zero attached hydrogens (tertiary/aromatic N) is 2. The summed E-state index contributed by atoms with van der Waals surface area (Å²) in [5.74, 6) is -0.691. The number of carbonyl (C=O) groups is 2. The maximum Gasteiger partial charge on any atom is 0.282 e. The van der Waals surface area contributed by atoms with Gasteiger partial charge in [-0.05, 0) is 49.4 Å². The lowest BCUT2D eigenvalue weighted by Gasteiger charge is -2.34. The fourth-order valence-corrected chi connectivity index (χ4v) is 4.36. The summed E-state index contributed by atoms with van der Waals surface area (Å²) in [5, 5.41) is 10.3. The van der Waals surface area contributed by atoms with Crippen LogP contribution in [0.4, 0.5) is 5.69 Å². The highest BCUT2D eigenvalue weighted by Crippen LogP contribution is 2.38. The van der Waals surface area contributed by atoms with Gasteiger partial charge in [0, 0.05) is 19.7 Å². The van der Waals surface area contributed by atoms with E-state index < -0.39 is 0 Å². The van der Waals surface area contributed by atoms with Gasteiger partial charge in [-0.3, -0.25) is 9.59 Å². The Bertz CT molecular complexity index is 1030. The minimum atomic E-state index is -0.386. The number of hydrogen-bond donors (Lipinski definition) is 1. The third kappa shape index (κ3) is 3.73. The number of aliphatic hydroxyl groups excluding tert-OH is 1. The highest BCUT2D eigenvalue weighted by molar-refractivity contribution is 6.46. The number of imide groups is 1. The highest BCUT2D eigenvalue weighted by Gasteiger charge is 2.43. The third-order valence-corrected chi connectivity index (χ3v) is 6.39. The Morgan fingerprint density at radius 1 is 1.03 bits per heavy atom. The summed E-state index contributed by atoms with van der Waals surface area (Å²) >= 11 is 12.2. The van der Waals surface area contributed by atoms with Crippen LogP contribution in [0, 0.1) is 12.8 Å². The molecule has 2 aromatic rings. The van der Waals surface area contributed by atoms with Crippen LogP contribution >= 0.6 is 23.2 Å². The molecule has 0 bridgehead atoms. The monoisotopic (exact) mass is 444 g/mol. The molecule has 1 atom stereocenters. The zero-order chi connectivity index (χ0) is 21.4. The van der Waals surface area contributed by atoms with E-state index in [1.54, 1.807) is 12.1 Å². The van der Waals surface area contributed by atoms with Crippen molar-refractivity contribution in [3.8, 4) is 0 Å². The molecular formula is C23H22Cl2N2O3. The molecule has 0 spiro atoms. The largest absolute Gasteiger partial charge is 0.396 e. The normalized spacial score (nSPS) is 19.8. The molecule has 0 aliphatic carbocycles. The average molecular weight is 445 g/mol. The van der Waals surface area contributed by atoms with Crippen molar-refractivity contribution in [3.63, 3.8) is 0 Å². The summed E-state index contributed by atoms with van der Waals surface area (Å²) in [7, 11) is 0. The molecule has 4 rings (SSSR count). The predicted octanol–water partition coefficient (Wildman–Crippen LogP) is 4.29. The molecule has 2 amide bonds. The van der Waals surface area contributed by atoms with Crippen LogP contribution in [-0.2, 0) is 9.59 Å². The van der Waals surface area contributed by atoms with E-state index in [2.05, 4.69) is 0 Å². The molecule has 0 saturated carbocycles. The van der Waals surface area contributed by atoms with Gasteiger partial charge in [-0.15, -0.1) is 0 Å². The number of amides is 2. The predicted molar refractivity (Wildman–Crippen MR) is 118 cm³/mol. The van der Waals surface area contributed by atoms with E-state index in [0.717, 1.165) is 23.3 Å². The van der Waals surface area contributed by atoms with Crippen molar-refractivity contribution in [3.05, 3.63) is 69.3 Å². The van der Waals surface area contributed by atoms with Crippen molar-refractivity contribution in [1.82, 2.24) is 4.90 Å². The number of aryl methyl sites for hydroxylation is 1. The highest BCUT2D eigenvalue weighted by atomic mass is 35.5. The Labute approximate surface area is 185 Å². The molecule has 5 nitrogen and oxygen atoms in total. The van der Waals surface area contributed by atoms with E-state index in [1.807, 2.05) is 36.1 Å². The van der Waals surface area contributed by atoms with Gasteiger partial charge >= 0.3 is 0 Å². The minimum absolute atomic E-state index is 0.0578. The number of carbonyl (C=O) groups excluding carboxylic acids is 2. The van der Waals surface area contributed by atoms with Crippen molar-refractivity contribution in [1.29, 1.82) is 0 Å². The second kappa shape index (κ2) is 8.42. The number of hydrogen-bond acceptors (Lipinski definition) is 4. The van der Waals surface area contributed by atoms with Gasteiger partial charge in [0.25, 0.3) is 11.8 Å². The summed E-state index contributed by atoms with van der Waals surface area (Å²) in [4.78, 5) is 30.1. The van der Waals surface area contributed by atoms with E-state index in [4.69, 9.17) is 23.2 Å². The van der Waals surface area contributed by atoms with Crippen LogP contribution in [0.3, 0.4) is 0 Å². The van der Waals surface area contributed by atoms with Crippen LogP contribution < -0.4 is 4.90 Å². The van der Waals surface area contributed by atoms with Gasteiger partial charge in [0.1, 0.15) is 5.70 Å². The van der Waals surface area contributed by atoms with Crippen LogP contribution in [-0.4, -0.2) is 41.5 Å². The lowest BCUT2D eigenvalue weighted by Crippen LogP contribution is -2.40. The Morgan fingerprint density at radius 3 is 2.43 bits per heavy atom. The molecule has 0 radical (unpaired) electrons. The molecule has 2 heterocycles. The number of aliphatic hydroxyl groups is 1. The van der Waals surface area contributed by atoms with E-state index in [1.165, 1.54) is 6.07 Å². The van der Waals surface area contributed by atoms with Crippen LogP contribution in [0.1, 0.15) is 24.0 Å². The lowest BCUT2D eigenvalue weighted by atomic mass is 9.96. The van der Waals surface area contributed by atoms with E-state index in [-0.39, 0.29) is 29.4 Å². The molecular weight excluding hydrogens is 423 g/mol. The standard InChI is InChI=1S/C23H22Cl2N2O3/c1-14-4-6-16(7-5-14)20-21(26-10-2-3-15(12-26)13-28)23(30)27(22(20)29)17-8-9-18(24)19(25)11-17/h4-9,11,15,28H,2-3,10,12-13H2,1H3. The molecule has 2 aromatic carbocycles. The SMILES string of the molecule is Cc1ccc(C2=C(N3CCCC(CO)C3)C(=O)N(c3ccc(Cl)c(Cl)c3)C2=O)cc1. The molecule has 7 heteroatoms. The zero-order valence-electron chi connectivity index (χ0n) is 16.6. The fraction of sp³-hybridized carbons (Fsp3) is 0.304. The van der Waals surface area contributed by atoms with Crippen molar-refractivity contribution < 1.29 is 14.7 Å². The Hall–Kier alpha value is -2.34.